The van der Waals surface area contributed by atoms with Crippen molar-refractivity contribution >= 4 is 11.7 Å². The Kier molecular flexibility index (Phi) is 3.18. The largest absolute Gasteiger partial charge is 0.348 e. The topological polar surface area (TPSA) is 37.3 Å². The first-order chi connectivity index (χ1) is 9.65. The van der Waals surface area contributed by atoms with Crippen LogP contribution in [0.4, 0.5) is 14.9 Å². The lowest BCUT2D eigenvalue weighted by atomic mass is 10.1. The second kappa shape index (κ2) is 5.00. The molecule has 0 bridgehead atoms. The number of rotatable bonds is 1. The van der Waals surface area contributed by atoms with Crippen LogP contribution in [0.3, 0.4) is 0 Å². The van der Waals surface area contributed by atoms with Crippen LogP contribution in [-0.2, 0) is 6.54 Å². The van der Waals surface area contributed by atoms with Gasteiger partial charge in [-0.25, -0.2) is 9.18 Å². The molecule has 104 valence electrons. The predicted octanol–water partition coefficient (Wildman–Crippen LogP) is 3.24. The average Bonchev–Trinajstić information content (AvgIpc) is 2.88. The fourth-order valence-electron chi connectivity index (χ4n) is 2.62. The Balaban J connectivity index is 1.75. The molecule has 0 aliphatic carbocycles. The zero-order valence-corrected chi connectivity index (χ0v) is 11.2. The molecule has 2 aromatic rings. The first-order valence-electron chi connectivity index (χ1n) is 6.63. The van der Waals surface area contributed by atoms with E-state index in [1.165, 1.54) is 12.1 Å². The van der Waals surface area contributed by atoms with Crippen LogP contribution in [0.15, 0.2) is 42.6 Å². The van der Waals surface area contributed by atoms with Gasteiger partial charge in [-0.2, -0.15) is 0 Å². The van der Waals surface area contributed by atoms with Crippen molar-refractivity contribution in [2.75, 3.05) is 11.9 Å². The Morgan fingerprint density at radius 2 is 2.15 bits per heavy atom. The molecule has 1 N–H and O–H groups in total. The summed E-state index contributed by atoms with van der Waals surface area (Å²) < 4.78 is 15.3. The molecule has 0 radical (unpaired) electrons. The number of amides is 2. The SMILES string of the molecule is CC1c2cccn2CCN1C(=O)Nc1cccc(F)c1. The Bertz CT molecular complexity index is 638. The van der Waals surface area contributed by atoms with Crippen molar-refractivity contribution < 1.29 is 9.18 Å². The molecule has 4 nitrogen and oxygen atoms in total. The zero-order chi connectivity index (χ0) is 14.1. The summed E-state index contributed by atoms with van der Waals surface area (Å²) in [4.78, 5) is 14.1. The molecule has 5 heteroatoms. The van der Waals surface area contributed by atoms with E-state index < -0.39 is 0 Å². The van der Waals surface area contributed by atoms with E-state index in [4.69, 9.17) is 0 Å². The van der Waals surface area contributed by atoms with E-state index in [1.807, 2.05) is 25.3 Å². The van der Waals surface area contributed by atoms with Crippen LogP contribution in [0.2, 0.25) is 0 Å². The van der Waals surface area contributed by atoms with Gasteiger partial charge in [0.25, 0.3) is 0 Å². The molecule has 1 aromatic heterocycles. The Morgan fingerprint density at radius 1 is 1.30 bits per heavy atom. The number of aromatic nitrogens is 1. The second-order valence-corrected chi connectivity index (χ2v) is 4.94. The van der Waals surface area contributed by atoms with E-state index in [0.717, 1.165) is 12.2 Å². The van der Waals surface area contributed by atoms with Crippen LogP contribution in [0.5, 0.6) is 0 Å². The third kappa shape index (κ3) is 2.27. The van der Waals surface area contributed by atoms with E-state index in [2.05, 4.69) is 9.88 Å². The molecule has 1 aliphatic heterocycles. The number of fused-ring (bicyclic) bond motifs is 1. The summed E-state index contributed by atoms with van der Waals surface area (Å²) in [7, 11) is 0. The fraction of sp³-hybridized carbons (Fsp3) is 0.267. The molecule has 2 heterocycles. The Labute approximate surface area is 116 Å². The molecule has 1 aromatic carbocycles. The number of carbonyl (C=O) groups is 1. The van der Waals surface area contributed by atoms with Crippen LogP contribution >= 0.6 is 0 Å². The fourth-order valence-corrected chi connectivity index (χ4v) is 2.62. The maximum absolute atomic E-state index is 13.1. The summed E-state index contributed by atoms with van der Waals surface area (Å²) in [6.45, 7) is 3.42. The van der Waals surface area contributed by atoms with Gasteiger partial charge in [0.1, 0.15) is 5.82 Å². The normalized spacial score (nSPS) is 17.7. The highest BCUT2D eigenvalue weighted by Crippen LogP contribution is 2.26. The van der Waals surface area contributed by atoms with Crippen molar-refractivity contribution in [3.8, 4) is 0 Å². The molecule has 0 spiro atoms. The number of anilines is 1. The van der Waals surface area contributed by atoms with Gasteiger partial charge >= 0.3 is 6.03 Å². The summed E-state index contributed by atoms with van der Waals surface area (Å²) in [5.41, 5.74) is 1.59. The van der Waals surface area contributed by atoms with Crippen LogP contribution in [-0.4, -0.2) is 22.0 Å². The summed E-state index contributed by atoms with van der Waals surface area (Å²) in [5, 5.41) is 2.74. The summed E-state index contributed by atoms with van der Waals surface area (Å²) in [6, 6.07) is 9.74. The second-order valence-electron chi connectivity index (χ2n) is 4.94. The van der Waals surface area contributed by atoms with Crippen molar-refractivity contribution in [1.82, 2.24) is 9.47 Å². The lowest BCUT2D eigenvalue weighted by molar-refractivity contribution is 0.175. The van der Waals surface area contributed by atoms with Crippen molar-refractivity contribution in [2.24, 2.45) is 0 Å². The summed E-state index contributed by atoms with van der Waals surface area (Å²) in [5.74, 6) is -0.358. The third-order valence-electron chi connectivity index (χ3n) is 3.68. The zero-order valence-electron chi connectivity index (χ0n) is 11.2. The summed E-state index contributed by atoms with van der Waals surface area (Å²) in [6.07, 6.45) is 2.02. The number of nitrogens with zero attached hydrogens (tertiary/aromatic N) is 2. The molecule has 0 saturated heterocycles. The Hall–Kier alpha value is -2.30. The van der Waals surface area contributed by atoms with E-state index >= 15 is 0 Å². The van der Waals surface area contributed by atoms with Crippen LogP contribution in [0, 0.1) is 5.82 Å². The molecular formula is C15H16FN3O. The predicted molar refractivity (Wildman–Crippen MR) is 75.0 cm³/mol. The van der Waals surface area contributed by atoms with Crippen molar-refractivity contribution in [3.63, 3.8) is 0 Å². The van der Waals surface area contributed by atoms with Crippen LogP contribution in [0.25, 0.3) is 0 Å². The third-order valence-corrected chi connectivity index (χ3v) is 3.68. The van der Waals surface area contributed by atoms with Crippen molar-refractivity contribution in [3.05, 3.63) is 54.1 Å². The van der Waals surface area contributed by atoms with Crippen LogP contribution < -0.4 is 5.32 Å². The van der Waals surface area contributed by atoms with Gasteiger partial charge in [-0.15, -0.1) is 0 Å². The first-order valence-corrected chi connectivity index (χ1v) is 6.63. The Morgan fingerprint density at radius 3 is 2.95 bits per heavy atom. The van der Waals surface area contributed by atoms with E-state index in [0.29, 0.717) is 12.2 Å². The molecule has 1 aliphatic rings. The molecule has 3 rings (SSSR count). The molecule has 0 fully saturated rings. The van der Waals surface area contributed by atoms with Gasteiger partial charge in [0.15, 0.2) is 0 Å². The van der Waals surface area contributed by atoms with Gasteiger partial charge in [-0.1, -0.05) is 6.07 Å². The van der Waals surface area contributed by atoms with Crippen LogP contribution in [0.1, 0.15) is 18.7 Å². The number of halogens is 1. The lowest BCUT2D eigenvalue weighted by Crippen LogP contribution is -2.43. The molecule has 1 atom stereocenters. The van der Waals surface area contributed by atoms with Gasteiger partial charge in [0, 0.05) is 30.7 Å². The number of nitrogens with one attached hydrogen (secondary N) is 1. The van der Waals surface area contributed by atoms with Gasteiger partial charge < -0.3 is 14.8 Å². The highest BCUT2D eigenvalue weighted by Gasteiger charge is 2.27. The van der Waals surface area contributed by atoms with Crippen molar-refractivity contribution in [1.29, 1.82) is 0 Å². The van der Waals surface area contributed by atoms with Gasteiger partial charge in [-0.05, 0) is 37.3 Å². The van der Waals surface area contributed by atoms with E-state index in [1.54, 1.807) is 17.0 Å². The number of urea groups is 1. The average molecular weight is 273 g/mol. The minimum Gasteiger partial charge on any atom is -0.348 e. The molecule has 20 heavy (non-hydrogen) atoms. The highest BCUT2D eigenvalue weighted by molar-refractivity contribution is 5.89. The van der Waals surface area contributed by atoms with Gasteiger partial charge in [-0.3, -0.25) is 0 Å². The smallest absolute Gasteiger partial charge is 0.322 e. The molecule has 1 unspecified atom stereocenters. The van der Waals surface area contributed by atoms with Gasteiger partial charge in [0.05, 0.1) is 6.04 Å². The molecule has 0 saturated carbocycles. The number of benzene rings is 1. The molecular weight excluding hydrogens is 257 g/mol. The van der Waals surface area contributed by atoms with Crippen molar-refractivity contribution in [2.45, 2.75) is 19.5 Å². The minimum absolute atomic E-state index is 0.00677. The number of hydrogen-bond acceptors (Lipinski definition) is 1. The number of hydrogen-bond donors (Lipinski definition) is 1. The standard InChI is InChI=1S/C15H16FN3O/c1-11-14-6-3-7-18(14)8-9-19(11)15(20)17-13-5-2-4-12(16)10-13/h2-7,10-11H,8-9H2,1H3,(H,17,20). The quantitative estimate of drug-likeness (QED) is 0.851. The van der Waals surface area contributed by atoms with Gasteiger partial charge in [0.2, 0.25) is 0 Å². The number of carbonyl (C=O) groups excluding carboxylic acids is 1. The molecule has 2 amide bonds. The highest BCUT2D eigenvalue weighted by atomic mass is 19.1. The monoisotopic (exact) mass is 273 g/mol. The lowest BCUT2D eigenvalue weighted by Gasteiger charge is -2.34. The maximum atomic E-state index is 13.1. The van der Waals surface area contributed by atoms with E-state index in [-0.39, 0.29) is 17.9 Å². The maximum Gasteiger partial charge on any atom is 0.322 e. The first kappa shape index (κ1) is 12.7. The van der Waals surface area contributed by atoms with E-state index in [9.17, 15) is 9.18 Å². The summed E-state index contributed by atoms with van der Waals surface area (Å²) >= 11 is 0. The minimum atomic E-state index is -0.358.